The highest BCUT2D eigenvalue weighted by Gasteiger charge is 2.14. The molecule has 29 heavy (non-hydrogen) atoms. The summed E-state index contributed by atoms with van der Waals surface area (Å²) in [5.74, 6) is 0.175. The van der Waals surface area contributed by atoms with Crippen molar-refractivity contribution in [3.05, 3.63) is 65.6 Å². The number of hydrogen-bond donors (Lipinski definition) is 2. The van der Waals surface area contributed by atoms with Crippen LogP contribution in [0.2, 0.25) is 0 Å². The number of aromatic nitrogens is 4. The molecule has 0 aliphatic carbocycles. The zero-order valence-electron chi connectivity index (χ0n) is 15.7. The molecule has 4 rings (SSSR count). The molecule has 0 atom stereocenters. The van der Waals surface area contributed by atoms with Gasteiger partial charge in [-0.25, -0.2) is 9.97 Å². The van der Waals surface area contributed by atoms with Crippen molar-refractivity contribution >= 4 is 22.5 Å². The lowest BCUT2D eigenvalue weighted by Crippen LogP contribution is -2.15. The molecule has 8 heteroatoms. The molecule has 0 bridgehead atoms. The van der Waals surface area contributed by atoms with Gasteiger partial charge in [-0.15, -0.1) is 0 Å². The molecular formula is C21H16N6O2. The van der Waals surface area contributed by atoms with E-state index in [0.717, 1.165) is 22.2 Å². The summed E-state index contributed by atoms with van der Waals surface area (Å²) >= 11 is 0. The first-order valence-corrected chi connectivity index (χ1v) is 8.75. The molecule has 0 saturated carbocycles. The lowest BCUT2D eigenvalue weighted by molar-refractivity contribution is 0.102. The molecule has 0 saturated heterocycles. The number of nitriles is 1. The Hall–Kier alpha value is -4.25. The molecule has 3 aromatic heterocycles. The smallest absolute Gasteiger partial charge is 0.274 e. The fourth-order valence-corrected chi connectivity index (χ4v) is 3.02. The van der Waals surface area contributed by atoms with Crippen molar-refractivity contribution in [1.29, 1.82) is 5.26 Å². The van der Waals surface area contributed by atoms with Crippen molar-refractivity contribution < 1.29 is 9.53 Å². The Morgan fingerprint density at radius 2 is 2.03 bits per heavy atom. The van der Waals surface area contributed by atoms with Crippen LogP contribution in [0.3, 0.4) is 0 Å². The maximum absolute atomic E-state index is 12.6. The number of H-pyrrole nitrogens is 1. The molecule has 2 N–H and O–H groups in total. The van der Waals surface area contributed by atoms with Gasteiger partial charge in [-0.1, -0.05) is 0 Å². The lowest BCUT2D eigenvalue weighted by atomic mass is 10.1. The van der Waals surface area contributed by atoms with Gasteiger partial charge < -0.3 is 10.1 Å². The van der Waals surface area contributed by atoms with E-state index >= 15 is 0 Å². The number of anilines is 1. The average Bonchev–Trinajstić information content (AvgIpc) is 3.16. The highest BCUT2D eigenvalue weighted by molar-refractivity contribution is 6.05. The molecule has 0 aliphatic heterocycles. The number of pyridine rings is 2. The average molecular weight is 384 g/mol. The van der Waals surface area contributed by atoms with E-state index < -0.39 is 0 Å². The van der Waals surface area contributed by atoms with Gasteiger partial charge in [0.15, 0.2) is 0 Å². The number of carbonyl (C=O) groups excluding carboxylic acids is 1. The zero-order chi connectivity index (χ0) is 20.4. The number of aromatic amines is 1. The van der Waals surface area contributed by atoms with Crippen LogP contribution in [-0.4, -0.2) is 33.2 Å². The normalized spacial score (nSPS) is 10.5. The van der Waals surface area contributed by atoms with E-state index in [-0.39, 0.29) is 11.6 Å². The number of hydrogen-bond acceptors (Lipinski definition) is 6. The number of carbonyl (C=O) groups is 1. The Morgan fingerprint density at radius 3 is 2.72 bits per heavy atom. The summed E-state index contributed by atoms with van der Waals surface area (Å²) in [6.45, 7) is 1.75. The second-order valence-electron chi connectivity index (χ2n) is 6.38. The van der Waals surface area contributed by atoms with Crippen molar-refractivity contribution in [2.24, 2.45) is 0 Å². The van der Waals surface area contributed by atoms with Gasteiger partial charge in [-0.3, -0.25) is 9.89 Å². The van der Waals surface area contributed by atoms with Gasteiger partial charge in [-0.2, -0.15) is 10.4 Å². The Labute approximate surface area is 166 Å². The second-order valence-corrected chi connectivity index (χ2v) is 6.38. The van der Waals surface area contributed by atoms with E-state index in [1.165, 1.54) is 6.20 Å². The molecule has 1 aromatic carbocycles. The van der Waals surface area contributed by atoms with E-state index in [0.29, 0.717) is 22.7 Å². The molecule has 0 fully saturated rings. The van der Waals surface area contributed by atoms with Gasteiger partial charge in [-0.05, 0) is 42.8 Å². The first kappa shape index (κ1) is 18.1. The van der Waals surface area contributed by atoms with Crippen LogP contribution in [0.15, 0.2) is 48.8 Å². The van der Waals surface area contributed by atoms with E-state index in [1.807, 2.05) is 24.3 Å². The van der Waals surface area contributed by atoms with Crippen molar-refractivity contribution in [2.45, 2.75) is 6.92 Å². The quantitative estimate of drug-likeness (QED) is 0.556. The van der Waals surface area contributed by atoms with Gasteiger partial charge >= 0.3 is 0 Å². The molecule has 4 aromatic rings. The first-order chi connectivity index (χ1) is 14.1. The molecule has 142 valence electrons. The third kappa shape index (κ3) is 3.49. The number of fused-ring (bicyclic) bond motifs is 1. The van der Waals surface area contributed by atoms with Crippen LogP contribution in [0.25, 0.3) is 22.2 Å². The molecule has 0 aliphatic rings. The molecule has 8 nitrogen and oxygen atoms in total. The van der Waals surface area contributed by atoms with E-state index in [9.17, 15) is 4.79 Å². The SMILES string of the molecule is COc1ccc(-c2n[nH]c3ccc(NC(=O)c4ncc(C#N)cc4C)cc23)cn1. The summed E-state index contributed by atoms with van der Waals surface area (Å²) < 4.78 is 5.09. The monoisotopic (exact) mass is 384 g/mol. The number of nitrogens with one attached hydrogen (secondary N) is 2. The van der Waals surface area contributed by atoms with Crippen molar-refractivity contribution in [3.8, 4) is 23.2 Å². The summed E-state index contributed by atoms with van der Waals surface area (Å²) in [5.41, 5.74) is 4.31. The van der Waals surface area contributed by atoms with Crippen LogP contribution in [0.5, 0.6) is 5.88 Å². The van der Waals surface area contributed by atoms with E-state index in [2.05, 4.69) is 25.5 Å². The fourth-order valence-electron chi connectivity index (χ4n) is 3.02. The maximum Gasteiger partial charge on any atom is 0.274 e. The van der Waals surface area contributed by atoms with Crippen LogP contribution in [0, 0.1) is 18.3 Å². The number of ether oxygens (including phenoxy) is 1. The summed E-state index contributed by atoms with van der Waals surface area (Å²) in [6, 6.07) is 12.8. The predicted octanol–water partition coefficient (Wildman–Crippen LogP) is 3.46. The number of rotatable bonds is 4. The minimum absolute atomic E-state index is 0.274. The Kier molecular flexibility index (Phi) is 4.63. The molecule has 0 spiro atoms. The number of methoxy groups -OCH3 is 1. The summed E-state index contributed by atoms with van der Waals surface area (Å²) in [6.07, 6.45) is 3.07. The first-order valence-electron chi connectivity index (χ1n) is 8.75. The van der Waals surface area contributed by atoms with Crippen LogP contribution >= 0.6 is 0 Å². The zero-order valence-corrected chi connectivity index (χ0v) is 15.7. The number of aryl methyl sites for hydroxylation is 1. The third-order valence-corrected chi connectivity index (χ3v) is 4.46. The largest absolute Gasteiger partial charge is 0.481 e. The molecular weight excluding hydrogens is 368 g/mol. The van der Waals surface area contributed by atoms with Gasteiger partial charge in [0.1, 0.15) is 17.5 Å². The van der Waals surface area contributed by atoms with Gasteiger partial charge in [0.25, 0.3) is 5.91 Å². The summed E-state index contributed by atoms with van der Waals surface area (Å²) in [7, 11) is 1.56. The Balaban J connectivity index is 1.65. The van der Waals surface area contributed by atoms with Crippen LogP contribution in [0.4, 0.5) is 5.69 Å². The van der Waals surface area contributed by atoms with Crippen LogP contribution in [0.1, 0.15) is 21.6 Å². The van der Waals surface area contributed by atoms with Crippen molar-refractivity contribution in [3.63, 3.8) is 0 Å². The third-order valence-electron chi connectivity index (χ3n) is 4.46. The maximum atomic E-state index is 12.6. The van der Waals surface area contributed by atoms with Crippen molar-refractivity contribution in [1.82, 2.24) is 20.2 Å². The number of benzene rings is 1. The van der Waals surface area contributed by atoms with Crippen LogP contribution in [-0.2, 0) is 0 Å². The minimum Gasteiger partial charge on any atom is -0.481 e. The van der Waals surface area contributed by atoms with Crippen molar-refractivity contribution in [2.75, 3.05) is 12.4 Å². The minimum atomic E-state index is -0.345. The highest BCUT2D eigenvalue weighted by Crippen LogP contribution is 2.29. The predicted molar refractivity (Wildman–Crippen MR) is 108 cm³/mol. The lowest BCUT2D eigenvalue weighted by Gasteiger charge is -2.07. The molecule has 1 amide bonds. The molecule has 0 unspecified atom stereocenters. The highest BCUT2D eigenvalue weighted by atomic mass is 16.5. The topological polar surface area (TPSA) is 117 Å². The van der Waals surface area contributed by atoms with Gasteiger partial charge in [0, 0.05) is 35.1 Å². The Bertz CT molecular complexity index is 1250. The van der Waals surface area contributed by atoms with E-state index in [1.54, 1.807) is 38.4 Å². The molecule has 3 heterocycles. The summed E-state index contributed by atoms with van der Waals surface area (Å²) in [5, 5.41) is 20.0. The van der Waals surface area contributed by atoms with Crippen LogP contribution < -0.4 is 10.1 Å². The van der Waals surface area contributed by atoms with E-state index in [4.69, 9.17) is 10.00 Å². The molecule has 0 radical (unpaired) electrons. The van der Waals surface area contributed by atoms with Gasteiger partial charge in [0.05, 0.1) is 18.2 Å². The fraction of sp³-hybridized carbons (Fsp3) is 0.0952. The number of nitrogens with zero attached hydrogens (tertiary/aromatic N) is 4. The van der Waals surface area contributed by atoms with Gasteiger partial charge in [0.2, 0.25) is 5.88 Å². The number of amides is 1. The summed E-state index contributed by atoms with van der Waals surface area (Å²) in [4.78, 5) is 21.0. The second kappa shape index (κ2) is 7.40. The standard InChI is InChI=1S/C21H16N6O2/c1-12-7-13(9-22)10-24-19(12)21(28)25-15-4-5-17-16(8-15)20(27-26-17)14-3-6-18(29-2)23-11-14/h3-8,10-11H,1-2H3,(H,25,28)(H,26,27). The Morgan fingerprint density at radius 1 is 1.17 bits per heavy atom.